The quantitative estimate of drug-likeness (QED) is 0.560. The van der Waals surface area contributed by atoms with E-state index in [4.69, 9.17) is 19.0 Å². The van der Waals surface area contributed by atoms with Crippen molar-refractivity contribution in [1.29, 1.82) is 0 Å². The monoisotopic (exact) mass is 236 g/mol. The fourth-order valence-electron chi connectivity index (χ4n) is 1.50. The SMILES string of the molecule is CNCC(N)CCC[Si](OC)(OC)OC. The van der Waals surface area contributed by atoms with E-state index in [1.165, 1.54) is 0 Å². The highest BCUT2D eigenvalue weighted by Gasteiger charge is 2.36. The van der Waals surface area contributed by atoms with Crippen LogP contribution in [0.2, 0.25) is 6.04 Å². The highest BCUT2D eigenvalue weighted by atomic mass is 28.4. The molecule has 0 aliphatic rings. The number of likely N-dealkylation sites (N-methyl/N-ethyl adjacent to an activating group) is 1. The summed E-state index contributed by atoms with van der Waals surface area (Å²) in [5.74, 6) is 0. The van der Waals surface area contributed by atoms with Crippen LogP contribution in [0, 0.1) is 0 Å². The Morgan fingerprint density at radius 3 is 2.13 bits per heavy atom. The Morgan fingerprint density at radius 1 is 1.20 bits per heavy atom. The summed E-state index contributed by atoms with van der Waals surface area (Å²) in [5.41, 5.74) is 5.87. The van der Waals surface area contributed by atoms with Crippen LogP contribution in [-0.2, 0) is 13.3 Å². The van der Waals surface area contributed by atoms with Gasteiger partial charge in [-0.15, -0.1) is 0 Å². The van der Waals surface area contributed by atoms with E-state index < -0.39 is 8.80 Å². The van der Waals surface area contributed by atoms with Gasteiger partial charge in [0.05, 0.1) is 0 Å². The molecule has 0 rings (SSSR count). The first kappa shape index (κ1) is 15.0. The average molecular weight is 236 g/mol. The third kappa shape index (κ3) is 5.60. The lowest BCUT2D eigenvalue weighted by Crippen LogP contribution is -2.43. The van der Waals surface area contributed by atoms with Crippen LogP contribution in [0.15, 0.2) is 0 Å². The second-order valence-electron chi connectivity index (χ2n) is 3.51. The minimum absolute atomic E-state index is 0.187. The van der Waals surface area contributed by atoms with Crippen molar-refractivity contribution in [1.82, 2.24) is 5.32 Å². The van der Waals surface area contributed by atoms with Gasteiger partial charge in [-0.2, -0.15) is 0 Å². The van der Waals surface area contributed by atoms with Crippen molar-refractivity contribution in [2.45, 2.75) is 24.9 Å². The van der Waals surface area contributed by atoms with Crippen molar-refractivity contribution < 1.29 is 13.3 Å². The van der Waals surface area contributed by atoms with Crippen molar-refractivity contribution in [3.8, 4) is 0 Å². The average Bonchev–Trinajstić information content (AvgIpc) is 2.25. The van der Waals surface area contributed by atoms with Crippen LogP contribution < -0.4 is 11.1 Å². The molecule has 6 heteroatoms. The topological polar surface area (TPSA) is 65.7 Å². The molecule has 1 unspecified atom stereocenters. The summed E-state index contributed by atoms with van der Waals surface area (Å²) in [4.78, 5) is 0. The van der Waals surface area contributed by atoms with Crippen molar-refractivity contribution in [3.63, 3.8) is 0 Å². The molecule has 0 saturated heterocycles. The largest absolute Gasteiger partial charge is 0.500 e. The second-order valence-corrected chi connectivity index (χ2v) is 6.60. The predicted octanol–water partition coefficient (Wildman–Crippen LogP) is 0.191. The molecular formula is C9H24N2O3Si. The van der Waals surface area contributed by atoms with Gasteiger partial charge in [-0.25, -0.2) is 0 Å². The van der Waals surface area contributed by atoms with Crippen LogP contribution in [-0.4, -0.2) is 49.8 Å². The van der Waals surface area contributed by atoms with Gasteiger partial charge in [0.25, 0.3) is 0 Å². The maximum atomic E-state index is 5.87. The minimum Gasteiger partial charge on any atom is -0.377 e. The van der Waals surface area contributed by atoms with Crippen LogP contribution in [0.5, 0.6) is 0 Å². The third-order valence-electron chi connectivity index (χ3n) is 2.46. The van der Waals surface area contributed by atoms with E-state index in [1.54, 1.807) is 21.3 Å². The van der Waals surface area contributed by atoms with Gasteiger partial charge in [-0.1, -0.05) is 0 Å². The Bertz CT molecular complexity index is 148. The fraction of sp³-hybridized carbons (Fsp3) is 1.00. The molecular weight excluding hydrogens is 212 g/mol. The van der Waals surface area contributed by atoms with E-state index >= 15 is 0 Å². The molecule has 0 aliphatic carbocycles. The number of nitrogens with one attached hydrogen (secondary N) is 1. The van der Waals surface area contributed by atoms with Crippen molar-refractivity contribution >= 4 is 8.80 Å². The fourth-order valence-corrected chi connectivity index (χ4v) is 3.25. The second kappa shape index (κ2) is 8.20. The zero-order valence-electron chi connectivity index (χ0n) is 10.2. The maximum absolute atomic E-state index is 5.87. The molecule has 0 fully saturated rings. The molecule has 92 valence electrons. The lowest BCUT2D eigenvalue weighted by atomic mass is 10.2. The lowest BCUT2D eigenvalue weighted by Gasteiger charge is -2.24. The van der Waals surface area contributed by atoms with E-state index in [-0.39, 0.29) is 6.04 Å². The molecule has 15 heavy (non-hydrogen) atoms. The van der Waals surface area contributed by atoms with Gasteiger partial charge in [0.1, 0.15) is 0 Å². The smallest absolute Gasteiger partial charge is 0.377 e. The number of hydrogen-bond acceptors (Lipinski definition) is 5. The van der Waals surface area contributed by atoms with Gasteiger partial charge in [0, 0.05) is 40.0 Å². The Hall–Kier alpha value is 0.0169. The third-order valence-corrected chi connectivity index (χ3v) is 5.29. The molecule has 0 radical (unpaired) electrons. The molecule has 0 saturated carbocycles. The van der Waals surface area contributed by atoms with E-state index in [0.717, 1.165) is 25.4 Å². The van der Waals surface area contributed by atoms with Gasteiger partial charge in [0.15, 0.2) is 0 Å². The maximum Gasteiger partial charge on any atom is 0.500 e. The zero-order valence-corrected chi connectivity index (χ0v) is 11.2. The Balaban J connectivity index is 3.80. The predicted molar refractivity (Wildman–Crippen MR) is 62.7 cm³/mol. The normalized spacial score (nSPS) is 14.2. The van der Waals surface area contributed by atoms with Crippen LogP contribution >= 0.6 is 0 Å². The summed E-state index contributed by atoms with van der Waals surface area (Å²) in [6, 6.07) is 1.00. The van der Waals surface area contributed by atoms with E-state index in [2.05, 4.69) is 5.32 Å². The lowest BCUT2D eigenvalue weighted by molar-refractivity contribution is 0.122. The molecule has 0 aromatic rings. The Morgan fingerprint density at radius 2 is 1.73 bits per heavy atom. The highest BCUT2D eigenvalue weighted by molar-refractivity contribution is 6.60. The summed E-state index contributed by atoms with van der Waals surface area (Å²) in [7, 11) is 4.41. The van der Waals surface area contributed by atoms with Crippen LogP contribution in [0.25, 0.3) is 0 Å². The van der Waals surface area contributed by atoms with Gasteiger partial charge in [-0.05, 0) is 19.9 Å². The Labute approximate surface area is 93.6 Å². The molecule has 0 spiro atoms. The first-order valence-electron chi connectivity index (χ1n) is 5.19. The van der Waals surface area contributed by atoms with Crippen molar-refractivity contribution in [2.75, 3.05) is 34.9 Å². The molecule has 0 aliphatic heterocycles. The minimum atomic E-state index is -2.38. The number of nitrogens with two attached hydrogens (primary N) is 1. The van der Waals surface area contributed by atoms with Gasteiger partial charge in [-0.3, -0.25) is 0 Å². The first-order valence-corrected chi connectivity index (χ1v) is 7.13. The Kier molecular flexibility index (Phi) is 8.21. The van der Waals surface area contributed by atoms with Gasteiger partial charge in [0.2, 0.25) is 0 Å². The standard InChI is InChI=1S/C9H24N2O3Si/c1-11-8-9(10)6-5-7-15(12-2,13-3)14-4/h9,11H,5-8,10H2,1-4H3. The summed E-state index contributed by atoms with van der Waals surface area (Å²) in [5, 5.41) is 3.05. The molecule has 5 nitrogen and oxygen atoms in total. The molecule has 0 aromatic heterocycles. The van der Waals surface area contributed by atoms with Crippen LogP contribution in [0.3, 0.4) is 0 Å². The summed E-state index contributed by atoms with van der Waals surface area (Å²) >= 11 is 0. The van der Waals surface area contributed by atoms with Crippen LogP contribution in [0.4, 0.5) is 0 Å². The number of rotatable bonds is 9. The molecule has 0 bridgehead atoms. The summed E-state index contributed by atoms with van der Waals surface area (Å²) < 4.78 is 15.9. The molecule has 1 atom stereocenters. The van der Waals surface area contributed by atoms with Crippen molar-refractivity contribution in [2.24, 2.45) is 5.73 Å². The summed E-state index contributed by atoms with van der Waals surface area (Å²) in [6.45, 7) is 0.835. The van der Waals surface area contributed by atoms with E-state index in [0.29, 0.717) is 0 Å². The van der Waals surface area contributed by atoms with E-state index in [1.807, 2.05) is 7.05 Å². The highest BCUT2D eigenvalue weighted by Crippen LogP contribution is 2.16. The first-order chi connectivity index (χ1) is 7.14. The van der Waals surface area contributed by atoms with E-state index in [9.17, 15) is 0 Å². The molecule has 0 heterocycles. The van der Waals surface area contributed by atoms with Gasteiger partial charge < -0.3 is 24.3 Å². The molecule has 0 amide bonds. The van der Waals surface area contributed by atoms with Crippen molar-refractivity contribution in [3.05, 3.63) is 0 Å². The molecule has 3 N–H and O–H groups in total. The number of hydrogen-bond donors (Lipinski definition) is 2. The molecule has 0 aromatic carbocycles. The zero-order chi connectivity index (χ0) is 11.7. The van der Waals surface area contributed by atoms with Gasteiger partial charge >= 0.3 is 8.80 Å². The van der Waals surface area contributed by atoms with Crippen LogP contribution in [0.1, 0.15) is 12.8 Å². The summed E-state index contributed by atoms with van der Waals surface area (Å²) in [6.07, 6.45) is 1.91.